The summed E-state index contributed by atoms with van der Waals surface area (Å²) in [4.78, 5) is 44.2. The van der Waals surface area contributed by atoms with E-state index < -0.39 is 6.04 Å². The van der Waals surface area contributed by atoms with Crippen LogP contribution in [0.25, 0.3) is 0 Å². The van der Waals surface area contributed by atoms with Crippen LogP contribution in [0.1, 0.15) is 17.5 Å². The van der Waals surface area contributed by atoms with E-state index in [1.165, 1.54) is 4.90 Å². The van der Waals surface area contributed by atoms with Crippen LogP contribution in [-0.2, 0) is 20.9 Å². The molecule has 7 heteroatoms. The van der Waals surface area contributed by atoms with E-state index in [2.05, 4.69) is 10.3 Å². The van der Waals surface area contributed by atoms with Crippen molar-refractivity contribution in [2.24, 2.45) is 0 Å². The van der Waals surface area contributed by atoms with Gasteiger partial charge >= 0.3 is 0 Å². The third-order valence-corrected chi connectivity index (χ3v) is 4.51. The van der Waals surface area contributed by atoms with Crippen LogP contribution in [0.2, 0.25) is 0 Å². The molecular formula is C20H22N4O3. The van der Waals surface area contributed by atoms with Crippen LogP contribution in [0.4, 0.5) is 5.82 Å². The van der Waals surface area contributed by atoms with E-state index in [1.54, 1.807) is 24.2 Å². The summed E-state index contributed by atoms with van der Waals surface area (Å²) in [5.74, 6) is -0.317. The number of rotatable bonds is 6. The lowest BCUT2D eigenvalue weighted by atomic mass is 10.2. The number of pyridine rings is 1. The topological polar surface area (TPSA) is 82.6 Å². The van der Waals surface area contributed by atoms with E-state index >= 15 is 0 Å². The highest BCUT2D eigenvalue weighted by Crippen LogP contribution is 2.20. The Labute approximate surface area is 158 Å². The van der Waals surface area contributed by atoms with Gasteiger partial charge in [0.25, 0.3) is 0 Å². The largest absolute Gasteiger partial charge is 0.310 e. The zero-order valence-electron chi connectivity index (χ0n) is 15.4. The molecule has 0 aliphatic carbocycles. The predicted molar refractivity (Wildman–Crippen MR) is 101 cm³/mol. The van der Waals surface area contributed by atoms with Crippen LogP contribution in [0, 0.1) is 6.92 Å². The molecule has 0 radical (unpaired) electrons. The molecule has 2 heterocycles. The quantitative estimate of drug-likeness (QED) is 0.785. The van der Waals surface area contributed by atoms with Gasteiger partial charge in [0.1, 0.15) is 5.82 Å². The van der Waals surface area contributed by atoms with Crippen molar-refractivity contribution in [2.75, 3.05) is 18.9 Å². The summed E-state index contributed by atoms with van der Waals surface area (Å²) in [7, 11) is 1.67. The van der Waals surface area contributed by atoms with Gasteiger partial charge < -0.3 is 5.32 Å². The van der Waals surface area contributed by atoms with Crippen molar-refractivity contribution in [1.82, 2.24) is 14.8 Å². The number of hydrogen-bond donors (Lipinski definition) is 1. The summed E-state index contributed by atoms with van der Waals surface area (Å²) >= 11 is 0. The molecule has 1 unspecified atom stereocenters. The Hall–Kier alpha value is -3.06. The second-order valence-electron chi connectivity index (χ2n) is 6.71. The lowest BCUT2D eigenvalue weighted by molar-refractivity contribution is -0.140. The molecule has 1 fully saturated rings. The fraction of sp³-hybridized carbons (Fsp3) is 0.300. The summed E-state index contributed by atoms with van der Waals surface area (Å²) in [5.41, 5.74) is 1.89. The summed E-state index contributed by atoms with van der Waals surface area (Å²) < 4.78 is 0. The number of benzene rings is 1. The number of carbonyl (C=O) groups excluding carboxylic acids is 3. The van der Waals surface area contributed by atoms with Crippen LogP contribution < -0.4 is 5.32 Å². The number of nitrogens with zero attached hydrogens (tertiary/aromatic N) is 3. The highest BCUT2D eigenvalue weighted by molar-refractivity contribution is 6.05. The Morgan fingerprint density at radius 1 is 1.22 bits per heavy atom. The highest BCUT2D eigenvalue weighted by atomic mass is 16.2. The third-order valence-electron chi connectivity index (χ3n) is 4.51. The number of anilines is 1. The van der Waals surface area contributed by atoms with Crippen molar-refractivity contribution < 1.29 is 14.4 Å². The molecule has 140 valence electrons. The minimum absolute atomic E-state index is 0.00157. The Bertz CT molecular complexity index is 836. The van der Waals surface area contributed by atoms with E-state index in [1.807, 2.05) is 43.3 Å². The average Bonchev–Trinajstić information content (AvgIpc) is 2.93. The second kappa shape index (κ2) is 8.09. The molecule has 0 spiro atoms. The SMILES string of the molecule is Cc1ccc(NC(=O)CN(C)C2CC(=O)N(Cc3ccccc3)C2=O)nc1. The first-order chi connectivity index (χ1) is 12.9. The van der Waals surface area contributed by atoms with Gasteiger partial charge in [0.15, 0.2) is 0 Å². The number of likely N-dealkylation sites (tertiary alicyclic amines) is 1. The first-order valence-electron chi connectivity index (χ1n) is 8.75. The smallest absolute Gasteiger partial charge is 0.247 e. The highest BCUT2D eigenvalue weighted by Gasteiger charge is 2.41. The molecule has 27 heavy (non-hydrogen) atoms. The minimum Gasteiger partial charge on any atom is -0.310 e. The summed E-state index contributed by atoms with van der Waals surface area (Å²) in [6.07, 6.45) is 1.75. The van der Waals surface area contributed by atoms with E-state index in [-0.39, 0.29) is 37.2 Å². The molecule has 0 saturated carbocycles. The van der Waals surface area contributed by atoms with Crippen LogP contribution in [0.5, 0.6) is 0 Å². The van der Waals surface area contributed by atoms with Crippen LogP contribution in [0.3, 0.4) is 0 Å². The summed E-state index contributed by atoms with van der Waals surface area (Å²) in [5, 5.41) is 2.70. The molecule has 2 aromatic rings. The Morgan fingerprint density at radius 2 is 1.96 bits per heavy atom. The molecule has 1 aromatic heterocycles. The van der Waals surface area contributed by atoms with Gasteiger partial charge in [0, 0.05) is 6.20 Å². The van der Waals surface area contributed by atoms with Gasteiger partial charge in [0.05, 0.1) is 25.6 Å². The summed E-state index contributed by atoms with van der Waals surface area (Å²) in [6, 6.07) is 12.3. The second-order valence-corrected chi connectivity index (χ2v) is 6.71. The van der Waals surface area contributed by atoms with Gasteiger partial charge in [-0.1, -0.05) is 36.4 Å². The van der Waals surface area contributed by atoms with Crippen LogP contribution in [0.15, 0.2) is 48.7 Å². The number of nitrogens with one attached hydrogen (secondary N) is 1. The van der Waals surface area contributed by atoms with Gasteiger partial charge in [-0.15, -0.1) is 0 Å². The number of likely N-dealkylation sites (N-methyl/N-ethyl adjacent to an activating group) is 1. The van der Waals surface area contributed by atoms with Gasteiger partial charge in [-0.25, -0.2) is 4.98 Å². The lowest BCUT2D eigenvalue weighted by Gasteiger charge is -2.22. The minimum atomic E-state index is -0.627. The number of aryl methyl sites for hydroxylation is 1. The molecule has 1 aliphatic heterocycles. The molecule has 3 rings (SSSR count). The average molecular weight is 366 g/mol. The van der Waals surface area contributed by atoms with E-state index in [9.17, 15) is 14.4 Å². The van der Waals surface area contributed by atoms with Crippen molar-refractivity contribution in [1.29, 1.82) is 0 Å². The number of hydrogen-bond acceptors (Lipinski definition) is 5. The van der Waals surface area contributed by atoms with Gasteiger partial charge in [-0.05, 0) is 31.2 Å². The lowest BCUT2D eigenvalue weighted by Crippen LogP contribution is -2.43. The fourth-order valence-electron chi connectivity index (χ4n) is 3.00. The van der Waals surface area contributed by atoms with Crippen molar-refractivity contribution in [3.8, 4) is 0 Å². The van der Waals surface area contributed by atoms with Gasteiger partial charge in [0.2, 0.25) is 17.7 Å². The van der Waals surface area contributed by atoms with Gasteiger partial charge in [-0.3, -0.25) is 24.2 Å². The molecule has 0 bridgehead atoms. The zero-order chi connectivity index (χ0) is 19.4. The molecule has 7 nitrogen and oxygen atoms in total. The molecule has 1 aromatic carbocycles. The number of aromatic nitrogens is 1. The molecule has 3 amide bonds. The van der Waals surface area contributed by atoms with Crippen molar-refractivity contribution in [3.63, 3.8) is 0 Å². The predicted octanol–water partition coefficient (Wildman–Crippen LogP) is 1.59. The molecule has 1 aliphatic rings. The van der Waals surface area contributed by atoms with E-state index in [0.717, 1.165) is 11.1 Å². The van der Waals surface area contributed by atoms with Crippen LogP contribution >= 0.6 is 0 Å². The van der Waals surface area contributed by atoms with Crippen LogP contribution in [-0.4, -0.2) is 52.1 Å². The van der Waals surface area contributed by atoms with E-state index in [4.69, 9.17) is 0 Å². The Morgan fingerprint density at radius 3 is 2.63 bits per heavy atom. The number of imide groups is 1. The van der Waals surface area contributed by atoms with Gasteiger partial charge in [-0.2, -0.15) is 0 Å². The normalized spacial score (nSPS) is 16.9. The van der Waals surface area contributed by atoms with Crippen molar-refractivity contribution >= 4 is 23.5 Å². The number of amides is 3. The first-order valence-corrected chi connectivity index (χ1v) is 8.75. The summed E-state index contributed by atoms with van der Waals surface area (Å²) in [6.45, 7) is 2.16. The maximum atomic E-state index is 12.7. The Balaban J connectivity index is 1.58. The Kier molecular flexibility index (Phi) is 5.61. The molecular weight excluding hydrogens is 344 g/mol. The molecule has 1 saturated heterocycles. The van der Waals surface area contributed by atoms with Crippen molar-refractivity contribution in [3.05, 3.63) is 59.8 Å². The fourth-order valence-corrected chi connectivity index (χ4v) is 3.00. The molecule has 1 atom stereocenters. The van der Waals surface area contributed by atoms with Crippen molar-refractivity contribution in [2.45, 2.75) is 25.9 Å². The molecule has 1 N–H and O–H groups in total. The van der Waals surface area contributed by atoms with E-state index in [0.29, 0.717) is 5.82 Å². The monoisotopic (exact) mass is 366 g/mol. The maximum Gasteiger partial charge on any atom is 0.247 e. The standard InChI is InChI=1S/C20H22N4O3/c1-14-8-9-17(21-11-14)22-18(25)13-23(2)16-10-19(26)24(20(16)27)12-15-6-4-3-5-7-15/h3-9,11,16H,10,12-13H2,1-2H3,(H,21,22,25). The maximum absolute atomic E-state index is 12.7. The first kappa shape index (κ1) is 18.7. The number of carbonyl (C=O) groups is 3. The third kappa shape index (κ3) is 4.57. The zero-order valence-corrected chi connectivity index (χ0v) is 15.4.